The number of aromatic hydroxyl groups is 1. The second-order valence-corrected chi connectivity index (χ2v) is 10.9. The number of thiophene rings is 1. The van der Waals surface area contributed by atoms with Crippen LogP contribution < -0.4 is 14.8 Å². The maximum absolute atomic E-state index is 13.8. The summed E-state index contributed by atoms with van der Waals surface area (Å²) in [5.41, 5.74) is 1.32. The number of dihydropyridines is 1. The molecule has 2 aromatic carbocycles. The summed E-state index contributed by atoms with van der Waals surface area (Å²) in [4.78, 5) is 39.7. The van der Waals surface area contributed by atoms with Crippen LogP contribution in [0.25, 0.3) is 0 Å². The quantitative estimate of drug-likeness (QED) is 0.131. The Bertz CT molecular complexity index is 1560. The highest BCUT2D eigenvalue weighted by molar-refractivity contribution is 7.10. The van der Waals surface area contributed by atoms with Crippen molar-refractivity contribution in [3.05, 3.63) is 103 Å². The highest BCUT2D eigenvalue weighted by Gasteiger charge is 2.42. The number of Topliss-reactive ketones (excluding diaryl/α,β-unsaturated/α-hetero) is 1. The summed E-state index contributed by atoms with van der Waals surface area (Å²) in [7, 11) is 0. The molecule has 42 heavy (non-hydrogen) atoms. The van der Waals surface area contributed by atoms with Gasteiger partial charge in [-0.1, -0.05) is 24.3 Å². The molecule has 2 aliphatic rings. The van der Waals surface area contributed by atoms with Crippen LogP contribution in [0.4, 0.5) is 5.69 Å². The van der Waals surface area contributed by atoms with Crippen molar-refractivity contribution in [1.82, 2.24) is 5.32 Å². The fraction of sp³-hybridized carbons (Fsp3) is 0.290. The van der Waals surface area contributed by atoms with E-state index < -0.39 is 28.2 Å². The number of nitro groups is 1. The number of ketones is 1. The Morgan fingerprint density at radius 2 is 1.90 bits per heavy atom. The largest absolute Gasteiger partial charge is 0.500 e. The predicted octanol–water partition coefficient (Wildman–Crippen LogP) is 5.74. The Kier molecular flexibility index (Phi) is 8.58. The molecule has 2 atom stereocenters. The number of nitro benzene ring substituents is 1. The average Bonchev–Trinajstić information content (AvgIpc) is 3.51. The number of phenols is 1. The Labute approximate surface area is 246 Å². The zero-order valence-electron chi connectivity index (χ0n) is 23.1. The molecule has 1 aromatic heterocycles. The molecular formula is C31H30N2O8S. The van der Waals surface area contributed by atoms with Gasteiger partial charge in [0.1, 0.15) is 19.0 Å². The van der Waals surface area contributed by atoms with Crippen LogP contribution in [0.1, 0.15) is 49.0 Å². The minimum Gasteiger partial charge on any atom is -0.500 e. The van der Waals surface area contributed by atoms with Crippen LogP contribution in [0, 0.1) is 10.1 Å². The van der Waals surface area contributed by atoms with Gasteiger partial charge in [0.15, 0.2) is 11.5 Å². The molecule has 0 unspecified atom stereocenters. The van der Waals surface area contributed by atoms with Crippen molar-refractivity contribution in [2.45, 2.75) is 38.5 Å². The second kappa shape index (κ2) is 12.5. The highest BCUT2D eigenvalue weighted by Crippen LogP contribution is 2.49. The predicted molar refractivity (Wildman–Crippen MR) is 156 cm³/mol. The molecule has 1 aliphatic carbocycles. The number of phenolic OH excluding ortho intramolecular Hbond substituents is 1. The van der Waals surface area contributed by atoms with Gasteiger partial charge in [0.2, 0.25) is 5.75 Å². The van der Waals surface area contributed by atoms with Crippen LogP contribution in [-0.2, 0) is 14.3 Å². The van der Waals surface area contributed by atoms with Crippen LogP contribution in [-0.4, -0.2) is 41.6 Å². The summed E-state index contributed by atoms with van der Waals surface area (Å²) in [6, 6.07) is 15.7. The van der Waals surface area contributed by atoms with Gasteiger partial charge in [-0.15, -0.1) is 11.3 Å². The van der Waals surface area contributed by atoms with E-state index in [2.05, 4.69) is 5.32 Å². The number of carbonyl (C=O) groups excluding carboxylic acids is 2. The van der Waals surface area contributed by atoms with Gasteiger partial charge >= 0.3 is 11.7 Å². The van der Waals surface area contributed by atoms with Crippen molar-refractivity contribution in [2.24, 2.45) is 0 Å². The van der Waals surface area contributed by atoms with Gasteiger partial charge in [0.25, 0.3) is 0 Å². The fourth-order valence-corrected chi connectivity index (χ4v) is 6.27. The molecule has 10 nitrogen and oxygen atoms in total. The summed E-state index contributed by atoms with van der Waals surface area (Å²) < 4.78 is 16.7. The number of allylic oxidation sites excluding steroid dienone is 3. The Morgan fingerprint density at radius 3 is 2.60 bits per heavy atom. The first-order valence-electron chi connectivity index (χ1n) is 13.5. The summed E-state index contributed by atoms with van der Waals surface area (Å²) >= 11 is 1.58. The fourth-order valence-electron chi connectivity index (χ4n) is 5.44. The third kappa shape index (κ3) is 5.87. The average molecular weight is 591 g/mol. The van der Waals surface area contributed by atoms with Crippen LogP contribution in [0.2, 0.25) is 0 Å². The number of ether oxygens (including phenoxy) is 3. The SMILES string of the molecule is CCOc1cc([C@H]2C(C(=O)OCCOc3ccccc3)=C(C)NC3=C2C(=O)C[C@H](c2cccs2)C3)cc([N+](=O)[O-])c1O. The van der Waals surface area contributed by atoms with E-state index >= 15 is 0 Å². The molecule has 0 radical (unpaired) electrons. The van der Waals surface area contributed by atoms with E-state index in [0.29, 0.717) is 29.1 Å². The van der Waals surface area contributed by atoms with Gasteiger partial charge in [0.05, 0.1) is 17.1 Å². The number of nitrogens with one attached hydrogen (secondary N) is 1. The van der Waals surface area contributed by atoms with E-state index in [1.807, 2.05) is 35.7 Å². The molecule has 0 saturated carbocycles. The Balaban J connectivity index is 1.52. The van der Waals surface area contributed by atoms with Crippen LogP contribution in [0.3, 0.4) is 0 Å². The number of nitrogens with zero attached hydrogens (tertiary/aromatic N) is 1. The van der Waals surface area contributed by atoms with E-state index in [4.69, 9.17) is 14.2 Å². The molecule has 3 aromatic rings. The number of hydrogen-bond donors (Lipinski definition) is 2. The molecule has 2 heterocycles. The number of carbonyl (C=O) groups is 2. The smallest absolute Gasteiger partial charge is 0.336 e. The van der Waals surface area contributed by atoms with Crippen LogP contribution >= 0.6 is 11.3 Å². The lowest BCUT2D eigenvalue weighted by Gasteiger charge is -2.36. The van der Waals surface area contributed by atoms with Gasteiger partial charge in [-0.2, -0.15) is 0 Å². The van der Waals surface area contributed by atoms with Crippen molar-refractivity contribution in [1.29, 1.82) is 0 Å². The summed E-state index contributed by atoms with van der Waals surface area (Å²) in [6.45, 7) is 3.58. The standard InChI is InChI=1S/C31H30N2O8S/c1-3-39-25-17-20(15-23(30(25)35)33(37)38)28-27(31(36)41-12-11-40-21-8-5-4-6-9-21)18(2)32-22-14-19(16-24(34)29(22)28)26-10-7-13-42-26/h4-10,13,15,17,19,28,32,35H,3,11-12,14,16H2,1-2H3/t19-,28+/m1/s1. The summed E-state index contributed by atoms with van der Waals surface area (Å²) in [5, 5.41) is 27.7. The lowest BCUT2D eigenvalue weighted by Crippen LogP contribution is -2.36. The zero-order chi connectivity index (χ0) is 29.8. The number of esters is 1. The van der Waals surface area contributed by atoms with E-state index in [9.17, 15) is 24.8 Å². The van der Waals surface area contributed by atoms with Crippen LogP contribution in [0.5, 0.6) is 17.2 Å². The van der Waals surface area contributed by atoms with E-state index in [1.165, 1.54) is 12.1 Å². The van der Waals surface area contributed by atoms with Crippen LogP contribution in [0.15, 0.2) is 82.5 Å². The number of rotatable bonds is 10. The summed E-state index contributed by atoms with van der Waals surface area (Å²) in [6.07, 6.45) is 0.753. The van der Waals surface area contributed by atoms with Gasteiger partial charge in [-0.05, 0) is 55.5 Å². The molecule has 0 spiro atoms. The topological polar surface area (TPSA) is 137 Å². The highest BCUT2D eigenvalue weighted by atomic mass is 32.1. The first-order valence-corrected chi connectivity index (χ1v) is 14.4. The molecule has 0 saturated heterocycles. The lowest BCUT2D eigenvalue weighted by molar-refractivity contribution is -0.386. The molecular weight excluding hydrogens is 560 g/mol. The zero-order valence-corrected chi connectivity index (χ0v) is 23.9. The minimum absolute atomic E-state index is 0.0334. The Morgan fingerprint density at radius 1 is 1.12 bits per heavy atom. The normalized spacial score (nSPS) is 18.3. The van der Waals surface area contributed by atoms with Crippen molar-refractivity contribution in [3.8, 4) is 17.2 Å². The molecule has 2 N–H and O–H groups in total. The Hall–Kier alpha value is -4.64. The number of para-hydroxylation sites is 1. The number of benzene rings is 2. The maximum Gasteiger partial charge on any atom is 0.336 e. The molecule has 11 heteroatoms. The molecule has 5 rings (SSSR count). The lowest BCUT2D eigenvalue weighted by atomic mass is 9.72. The monoisotopic (exact) mass is 590 g/mol. The second-order valence-electron chi connectivity index (χ2n) is 9.91. The molecule has 0 fully saturated rings. The van der Waals surface area contributed by atoms with Gasteiger partial charge < -0.3 is 24.6 Å². The van der Waals surface area contributed by atoms with Gasteiger partial charge in [-0.3, -0.25) is 14.9 Å². The summed E-state index contributed by atoms with van der Waals surface area (Å²) in [5.74, 6) is -1.97. The van der Waals surface area contributed by atoms with Crippen molar-refractivity contribution >= 4 is 28.8 Å². The van der Waals surface area contributed by atoms with Crippen molar-refractivity contribution in [2.75, 3.05) is 19.8 Å². The van der Waals surface area contributed by atoms with Crippen molar-refractivity contribution < 1.29 is 33.8 Å². The van der Waals surface area contributed by atoms with E-state index in [-0.39, 0.29) is 54.8 Å². The first kappa shape index (κ1) is 28.9. The van der Waals surface area contributed by atoms with Gasteiger partial charge in [-0.25, -0.2) is 4.79 Å². The van der Waals surface area contributed by atoms with Gasteiger partial charge in [0, 0.05) is 46.2 Å². The minimum atomic E-state index is -0.973. The molecule has 218 valence electrons. The van der Waals surface area contributed by atoms with E-state index in [0.717, 1.165) is 4.88 Å². The maximum atomic E-state index is 13.8. The van der Waals surface area contributed by atoms with E-state index in [1.54, 1.807) is 37.3 Å². The number of hydrogen-bond acceptors (Lipinski definition) is 10. The molecule has 0 amide bonds. The first-order chi connectivity index (χ1) is 20.3. The molecule has 0 bridgehead atoms. The molecule has 1 aliphatic heterocycles. The third-order valence-corrected chi connectivity index (χ3v) is 8.26. The van der Waals surface area contributed by atoms with Crippen molar-refractivity contribution in [3.63, 3.8) is 0 Å². The third-order valence-electron chi connectivity index (χ3n) is 7.23.